The van der Waals surface area contributed by atoms with E-state index in [9.17, 15) is 15.6 Å². The standard InChI is InChI=1S/C21H33N3O3/c1-19(2,3)22(25)13-16-10-11-17(14-23(26)20(4,5)6)18(12-16)15-24(27)21(7,8)9/h10-15H,1-9H3/b22-13-,23-14+,24-15+. The summed E-state index contributed by atoms with van der Waals surface area (Å²) in [4.78, 5) is 0. The van der Waals surface area contributed by atoms with Gasteiger partial charge in [0.15, 0.2) is 35.3 Å². The lowest BCUT2D eigenvalue weighted by Gasteiger charge is -2.20. The van der Waals surface area contributed by atoms with Crippen LogP contribution in [0.5, 0.6) is 0 Å². The highest BCUT2D eigenvalue weighted by molar-refractivity contribution is 5.93. The van der Waals surface area contributed by atoms with Crippen molar-refractivity contribution in [2.45, 2.75) is 78.9 Å². The van der Waals surface area contributed by atoms with Crippen molar-refractivity contribution < 1.29 is 14.2 Å². The molecule has 0 bridgehead atoms. The number of hydrogen-bond acceptors (Lipinski definition) is 3. The molecule has 0 atom stereocenters. The van der Waals surface area contributed by atoms with Gasteiger partial charge in [-0.15, -0.1) is 0 Å². The second kappa shape index (κ2) is 7.71. The van der Waals surface area contributed by atoms with E-state index in [0.717, 1.165) is 14.2 Å². The van der Waals surface area contributed by atoms with Crippen molar-refractivity contribution in [3.63, 3.8) is 0 Å². The van der Waals surface area contributed by atoms with Gasteiger partial charge in [-0.05, 0) is 18.2 Å². The minimum Gasteiger partial charge on any atom is -0.623 e. The van der Waals surface area contributed by atoms with Gasteiger partial charge < -0.3 is 15.6 Å². The molecule has 1 aromatic carbocycles. The first kappa shape index (κ1) is 22.7. The fourth-order valence-corrected chi connectivity index (χ4v) is 1.87. The van der Waals surface area contributed by atoms with E-state index in [4.69, 9.17) is 0 Å². The number of rotatable bonds is 3. The number of benzene rings is 1. The van der Waals surface area contributed by atoms with Gasteiger partial charge in [-0.25, -0.2) is 14.2 Å². The molecule has 0 fully saturated rings. The maximum atomic E-state index is 12.4. The average molecular weight is 376 g/mol. The molecule has 1 rings (SSSR count). The van der Waals surface area contributed by atoms with Crippen LogP contribution >= 0.6 is 0 Å². The van der Waals surface area contributed by atoms with Gasteiger partial charge in [-0.3, -0.25) is 0 Å². The Balaban J connectivity index is 3.58. The van der Waals surface area contributed by atoms with Crippen LogP contribution in [0.1, 0.15) is 79.0 Å². The quantitative estimate of drug-likeness (QED) is 0.348. The lowest BCUT2D eigenvalue weighted by atomic mass is 10.0. The van der Waals surface area contributed by atoms with Gasteiger partial charge in [-0.2, -0.15) is 0 Å². The van der Waals surface area contributed by atoms with Crippen LogP contribution < -0.4 is 0 Å². The molecule has 0 saturated heterocycles. The Morgan fingerprint density at radius 2 is 0.963 bits per heavy atom. The molecule has 0 unspecified atom stereocenters. The zero-order valence-electron chi connectivity index (χ0n) is 18.0. The number of hydroxylamine groups is 3. The van der Waals surface area contributed by atoms with Gasteiger partial charge >= 0.3 is 0 Å². The first-order valence-electron chi connectivity index (χ1n) is 9.10. The van der Waals surface area contributed by atoms with Gasteiger partial charge in [0, 0.05) is 67.9 Å². The Hall–Kier alpha value is -2.37. The van der Waals surface area contributed by atoms with Crippen LogP contribution in [0.15, 0.2) is 18.2 Å². The summed E-state index contributed by atoms with van der Waals surface area (Å²) in [5.41, 5.74) is 0.0910. The van der Waals surface area contributed by atoms with Crippen LogP contribution in [-0.2, 0) is 0 Å². The summed E-state index contributed by atoms with van der Waals surface area (Å²) in [5.74, 6) is 0. The molecule has 27 heavy (non-hydrogen) atoms. The first-order valence-corrected chi connectivity index (χ1v) is 9.10. The summed E-state index contributed by atoms with van der Waals surface area (Å²) in [5, 5.41) is 37.0. The Bertz CT molecular complexity index is 771. The second-order valence-corrected chi connectivity index (χ2v) is 9.77. The molecule has 0 aliphatic carbocycles. The largest absolute Gasteiger partial charge is 0.623 e. The van der Waals surface area contributed by atoms with Crippen LogP contribution in [0.25, 0.3) is 0 Å². The first-order chi connectivity index (χ1) is 12.0. The van der Waals surface area contributed by atoms with Crippen molar-refractivity contribution in [1.29, 1.82) is 0 Å². The fraction of sp³-hybridized carbons (Fsp3) is 0.571. The van der Waals surface area contributed by atoms with Gasteiger partial charge in [-0.1, -0.05) is 0 Å². The molecule has 1 aromatic rings. The highest BCUT2D eigenvalue weighted by Gasteiger charge is 2.22. The monoisotopic (exact) mass is 375 g/mol. The zero-order valence-corrected chi connectivity index (χ0v) is 18.0. The third-order valence-electron chi connectivity index (χ3n) is 3.87. The van der Waals surface area contributed by atoms with Crippen molar-refractivity contribution in [2.24, 2.45) is 0 Å². The van der Waals surface area contributed by atoms with E-state index in [0.29, 0.717) is 16.7 Å². The molecule has 0 heterocycles. The van der Waals surface area contributed by atoms with E-state index >= 15 is 0 Å². The maximum absolute atomic E-state index is 12.4. The number of hydrogen-bond donors (Lipinski definition) is 0. The molecule has 150 valence electrons. The second-order valence-electron chi connectivity index (χ2n) is 9.77. The molecule has 0 amide bonds. The molecule has 6 heteroatoms. The van der Waals surface area contributed by atoms with Gasteiger partial charge in [0.05, 0.1) is 11.1 Å². The molecule has 0 spiro atoms. The minimum absolute atomic E-state index is 0.567. The molecule has 0 N–H and O–H groups in total. The van der Waals surface area contributed by atoms with Gasteiger partial charge in [0.1, 0.15) is 0 Å². The van der Waals surface area contributed by atoms with Crippen molar-refractivity contribution in [3.8, 4) is 0 Å². The summed E-state index contributed by atoms with van der Waals surface area (Å²) in [6, 6.07) is 5.26. The summed E-state index contributed by atoms with van der Waals surface area (Å²) in [6.45, 7) is 16.3. The normalized spacial score (nSPS) is 15.2. The molecule has 6 nitrogen and oxygen atoms in total. The summed E-state index contributed by atoms with van der Waals surface area (Å²) in [6.07, 6.45) is 4.43. The third-order valence-corrected chi connectivity index (χ3v) is 3.87. The lowest BCUT2D eigenvalue weighted by molar-refractivity contribution is -0.531. The highest BCUT2D eigenvalue weighted by atomic mass is 16.5. The van der Waals surface area contributed by atoms with Crippen LogP contribution in [0.4, 0.5) is 0 Å². The maximum Gasteiger partial charge on any atom is 0.183 e. The van der Waals surface area contributed by atoms with E-state index in [1.165, 1.54) is 18.6 Å². The number of nitrogens with zero attached hydrogens (tertiary/aromatic N) is 3. The predicted molar refractivity (Wildman–Crippen MR) is 112 cm³/mol. The molecule has 0 aliphatic rings. The van der Waals surface area contributed by atoms with Gasteiger partial charge in [0.2, 0.25) is 0 Å². The Labute approximate surface area is 162 Å². The molecular formula is C21H33N3O3. The molecule has 0 aromatic heterocycles. The van der Waals surface area contributed by atoms with Crippen LogP contribution in [0.2, 0.25) is 0 Å². The predicted octanol–water partition coefficient (Wildman–Crippen LogP) is 3.87. The van der Waals surface area contributed by atoms with E-state index < -0.39 is 16.6 Å². The highest BCUT2D eigenvalue weighted by Crippen LogP contribution is 2.14. The minimum atomic E-state index is -0.617. The topological polar surface area (TPSA) is 78.2 Å². The zero-order chi connectivity index (χ0) is 21.2. The third kappa shape index (κ3) is 6.70. The van der Waals surface area contributed by atoms with E-state index in [2.05, 4.69) is 0 Å². The van der Waals surface area contributed by atoms with E-state index in [1.807, 2.05) is 62.3 Å². The summed E-state index contributed by atoms with van der Waals surface area (Å²) in [7, 11) is 0. The average Bonchev–Trinajstić information content (AvgIpc) is 2.46. The van der Waals surface area contributed by atoms with E-state index in [1.54, 1.807) is 18.2 Å². The van der Waals surface area contributed by atoms with Crippen LogP contribution in [0, 0.1) is 15.6 Å². The Morgan fingerprint density at radius 1 is 0.593 bits per heavy atom. The SMILES string of the molecule is CC(C)(C)/[N+]([O-])=C/c1ccc(/C=[N+](/[O-])C(C)(C)C)c(/C=[N+](/[O-])C(C)(C)C)c1. The Morgan fingerprint density at radius 3 is 1.37 bits per heavy atom. The van der Waals surface area contributed by atoms with Crippen LogP contribution in [0.3, 0.4) is 0 Å². The van der Waals surface area contributed by atoms with E-state index in [-0.39, 0.29) is 0 Å². The Kier molecular flexibility index (Phi) is 6.47. The van der Waals surface area contributed by atoms with Crippen molar-refractivity contribution >= 4 is 18.6 Å². The molecule has 0 radical (unpaired) electrons. The fourth-order valence-electron chi connectivity index (χ4n) is 1.87. The molecular weight excluding hydrogens is 342 g/mol. The summed E-state index contributed by atoms with van der Waals surface area (Å²) >= 11 is 0. The van der Waals surface area contributed by atoms with Crippen LogP contribution in [-0.4, -0.2) is 49.5 Å². The molecule has 0 saturated carbocycles. The van der Waals surface area contributed by atoms with Crippen molar-refractivity contribution in [3.05, 3.63) is 50.5 Å². The van der Waals surface area contributed by atoms with Crippen molar-refractivity contribution in [1.82, 2.24) is 0 Å². The summed E-state index contributed by atoms with van der Waals surface area (Å²) < 4.78 is 2.60. The smallest absolute Gasteiger partial charge is 0.183 e. The van der Waals surface area contributed by atoms with Gasteiger partial charge in [0.25, 0.3) is 0 Å². The molecule has 0 aliphatic heterocycles. The van der Waals surface area contributed by atoms with Crippen molar-refractivity contribution in [2.75, 3.05) is 0 Å². The lowest BCUT2D eigenvalue weighted by Crippen LogP contribution is -2.31.